The first-order chi connectivity index (χ1) is 6.68. The number of Topliss-reactive ketones (excluding diaryl/α,β-unsaturated/α-hetero) is 1. The zero-order valence-corrected chi connectivity index (χ0v) is 8.31. The van der Waals surface area contributed by atoms with Gasteiger partial charge in [0.15, 0.2) is 5.78 Å². The Balaban J connectivity index is 1.98. The number of hydrogen-bond donors (Lipinski definition) is 1. The molecule has 2 N–H and O–H groups in total. The first-order valence-corrected chi connectivity index (χ1v) is 4.95. The summed E-state index contributed by atoms with van der Waals surface area (Å²) < 4.78 is 1.60. The highest BCUT2D eigenvalue weighted by Gasteiger charge is 2.30. The van der Waals surface area contributed by atoms with Gasteiger partial charge in [-0.05, 0) is 24.8 Å². The monoisotopic (exact) mass is 193 g/mol. The van der Waals surface area contributed by atoms with Crippen molar-refractivity contribution in [2.45, 2.75) is 25.3 Å². The first kappa shape index (κ1) is 9.40. The highest BCUT2D eigenvalue weighted by Crippen LogP contribution is 2.33. The predicted octanol–water partition coefficient (Wildman–Crippen LogP) is 0.730. The molecule has 1 aromatic heterocycles. The van der Waals surface area contributed by atoms with Crippen LogP contribution in [0.3, 0.4) is 0 Å². The van der Waals surface area contributed by atoms with Crippen LogP contribution in [0.4, 0.5) is 0 Å². The lowest BCUT2D eigenvalue weighted by molar-refractivity contribution is 0.0962. The maximum absolute atomic E-state index is 11.7. The molecule has 1 atom stereocenters. The van der Waals surface area contributed by atoms with Crippen LogP contribution in [-0.2, 0) is 7.05 Å². The van der Waals surface area contributed by atoms with Crippen molar-refractivity contribution in [2.24, 2.45) is 18.7 Å². The Morgan fingerprint density at radius 2 is 2.50 bits per heavy atom. The van der Waals surface area contributed by atoms with Gasteiger partial charge < -0.3 is 5.73 Å². The topological polar surface area (TPSA) is 60.9 Å². The van der Waals surface area contributed by atoms with Crippen molar-refractivity contribution in [3.05, 3.63) is 18.0 Å². The fourth-order valence-electron chi connectivity index (χ4n) is 1.66. The van der Waals surface area contributed by atoms with Gasteiger partial charge in [-0.25, -0.2) is 0 Å². The lowest BCUT2D eigenvalue weighted by Gasteiger charge is -2.08. The molecule has 14 heavy (non-hydrogen) atoms. The number of aryl methyl sites for hydroxylation is 1. The number of carbonyl (C=O) groups is 1. The van der Waals surface area contributed by atoms with Gasteiger partial charge in [-0.1, -0.05) is 0 Å². The SMILES string of the molecule is Cn1nccc1C(=O)CC(N)C1CC1. The molecule has 1 unspecified atom stereocenters. The van der Waals surface area contributed by atoms with Gasteiger partial charge in [0.2, 0.25) is 0 Å². The molecule has 1 fully saturated rings. The minimum Gasteiger partial charge on any atom is -0.327 e. The predicted molar refractivity (Wildman–Crippen MR) is 52.9 cm³/mol. The van der Waals surface area contributed by atoms with Crippen LogP contribution in [-0.4, -0.2) is 21.6 Å². The number of carbonyl (C=O) groups excluding carboxylic acids is 1. The second-order valence-corrected chi connectivity index (χ2v) is 3.97. The molecule has 0 aromatic carbocycles. The largest absolute Gasteiger partial charge is 0.327 e. The number of rotatable bonds is 4. The Bertz CT molecular complexity index is 341. The Kier molecular flexibility index (Phi) is 2.37. The molecule has 0 bridgehead atoms. The third kappa shape index (κ3) is 1.85. The van der Waals surface area contributed by atoms with Crippen molar-refractivity contribution < 1.29 is 4.79 Å². The van der Waals surface area contributed by atoms with Gasteiger partial charge in [0.05, 0.1) is 0 Å². The van der Waals surface area contributed by atoms with Crippen LogP contribution in [0, 0.1) is 5.92 Å². The van der Waals surface area contributed by atoms with Gasteiger partial charge >= 0.3 is 0 Å². The number of aromatic nitrogens is 2. The molecule has 4 nitrogen and oxygen atoms in total. The van der Waals surface area contributed by atoms with Gasteiger partial charge in [-0.15, -0.1) is 0 Å². The molecule has 0 radical (unpaired) electrons. The highest BCUT2D eigenvalue weighted by atomic mass is 16.1. The zero-order chi connectivity index (χ0) is 10.1. The van der Waals surface area contributed by atoms with Crippen molar-refractivity contribution in [1.29, 1.82) is 0 Å². The van der Waals surface area contributed by atoms with Crippen molar-refractivity contribution in [1.82, 2.24) is 9.78 Å². The molecule has 76 valence electrons. The average Bonchev–Trinajstić information content (AvgIpc) is 2.89. The van der Waals surface area contributed by atoms with Crippen molar-refractivity contribution in [2.75, 3.05) is 0 Å². The van der Waals surface area contributed by atoms with E-state index < -0.39 is 0 Å². The van der Waals surface area contributed by atoms with E-state index in [1.807, 2.05) is 0 Å². The van der Waals surface area contributed by atoms with Gasteiger partial charge in [0.25, 0.3) is 0 Å². The fourth-order valence-corrected chi connectivity index (χ4v) is 1.66. The molecule has 0 spiro atoms. The summed E-state index contributed by atoms with van der Waals surface area (Å²) in [7, 11) is 1.77. The molecule has 1 saturated carbocycles. The van der Waals surface area contributed by atoms with E-state index in [4.69, 9.17) is 5.73 Å². The summed E-state index contributed by atoms with van der Waals surface area (Å²) in [5.74, 6) is 0.677. The first-order valence-electron chi connectivity index (χ1n) is 4.95. The third-order valence-electron chi connectivity index (χ3n) is 2.76. The number of hydrogen-bond acceptors (Lipinski definition) is 3. The molecular formula is C10H15N3O. The lowest BCUT2D eigenvalue weighted by Crippen LogP contribution is -2.26. The maximum atomic E-state index is 11.7. The Labute approximate surface area is 83.1 Å². The summed E-state index contributed by atoms with van der Waals surface area (Å²) in [4.78, 5) is 11.7. The van der Waals surface area contributed by atoms with Crippen LogP contribution in [0.2, 0.25) is 0 Å². The highest BCUT2D eigenvalue weighted by molar-refractivity contribution is 5.94. The summed E-state index contributed by atoms with van der Waals surface area (Å²) in [5, 5.41) is 3.96. The quantitative estimate of drug-likeness (QED) is 0.717. The zero-order valence-electron chi connectivity index (χ0n) is 8.31. The summed E-state index contributed by atoms with van der Waals surface area (Å²) in [6, 6.07) is 1.78. The van der Waals surface area contributed by atoms with Crippen LogP contribution in [0.1, 0.15) is 29.8 Å². The second-order valence-electron chi connectivity index (χ2n) is 3.97. The summed E-state index contributed by atoms with van der Waals surface area (Å²) in [6.07, 6.45) is 4.44. The van der Waals surface area contributed by atoms with Crippen LogP contribution in [0.25, 0.3) is 0 Å². The summed E-state index contributed by atoms with van der Waals surface area (Å²) in [5.41, 5.74) is 6.54. The second kappa shape index (κ2) is 3.53. The van der Waals surface area contributed by atoms with E-state index in [9.17, 15) is 4.79 Å². The standard InChI is InChI=1S/C10H15N3O/c1-13-9(4-5-12-13)10(14)6-8(11)7-2-3-7/h4-5,7-8H,2-3,6,11H2,1H3. The summed E-state index contributed by atoms with van der Waals surface area (Å²) >= 11 is 0. The third-order valence-corrected chi connectivity index (χ3v) is 2.76. The maximum Gasteiger partial charge on any atom is 0.182 e. The Hall–Kier alpha value is -1.16. The normalized spacial score (nSPS) is 18.1. The number of nitrogens with two attached hydrogens (primary N) is 1. The van der Waals surface area contributed by atoms with E-state index in [2.05, 4.69) is 5.10 Å². The average molecular weight is 193 g/mol. The molecule has 1 heterocycles. The van der Waals surface area contributed by atoms with Crippen molar-refractivity contribution in [3.8, 4) is 0 Å². The smallest absolute Gasteiger partial charge is 0.182 e. The molecule has 1 aliphatic rings. The van der Waals surface area contributed by atoms with E-state index in [1.165, 1.54) is 12.8 Å². The molecule has 1 aliphatic carbocycles. The van der Waals surface area contributed by atoms with Gasteiger partial charge in [-0.2, -0.15) is 5.10 Å². The lowest BCUT2D eigenvalue weighted by atomic mass is 10.1. The van der Waals surface area contributed by atoms with Crippen molar-refractivity contribution in [3.63, 3.8) is 0 Å². The molecule has 0 saturated heterocycles. The molecule has 0 aliphatic heterocycles. The van der Waals surface area contributed by atoms with Gasteiger partial charge in [0, 0.05) is 25.7 Å². The van der Waals surface area contributed by atoms with E-state index in [1.54, 1.807) is 24.0 Å². The van der Waals surface area contributed by atoms with Crippen LogP contribution < -0.4 is 5.73 Å². The molecule has 2 rings (SSSR count). The van der Waals surface area contributed by atoms with Crippen molar-refractivity contribution >= 4 is 5.78 Å². The Morgan fingerprint density at radius 3 is 3.00 bits per heavy atom. The van der Waals surface area contributed by atoms with Gasteiger partial charge in [-0.3, -0.25) is 9.48 Å². The summed E-state index contributed by atoms with van der Waals surface area (Å²) in [6.45, 7) is 0. The fraction of sp³-hybridized carbons (Fsp3) is 0.600. The van der Waals surface area contributed by atoms with E-state index in [0.717, 1.165) is 0 Å². The minimum absolute atomic E-state index is 0.0393. The molecule has 1 aromatic rings. The minimum atomic E-state index is 0.0393. The van der Waals surface area contributed by atoms with E-state index in [0.29, 0.717) is 18.0 Å². The van der Waals surface area contributed by atoms with Crippen LogP contribution >= 0.6 is 0 Å². The van der Waals surface area contributed by atoms with E-state index >= 15 is 0 Å². The van der Waals surface area contributed by atoms with E-state index in [-0.39, 0.29) is 11.8 Å². The molecule has 0 amide bonds. The number of nitrogens with zero attached hydrogens (tertiary/aromatic N) is 2. The number of ketones is 1. The van der Waals surface area contributed by atoms with Gasteiger partial charge in [0.1, 0.15) is 5.69 Å². The Morgan fingerprint density at radius 1 is 1.79 bits per heavy atom. The van der Waals surface area contributed by atoms with Crippen LogP contribution in [0.5, 0.6) is 0 Å². The molecular weight excluding hydrogens is 178 g/mol. The van der Waals surface area contributed by atoms with Crippen LogP contribution in [0.15, 0.2) is 12.3 Å². The molecule has 4 heteroatoms.